The molecule has 0 aliphatic carbocycles. The number of aliphatic hydroxyl groups excluding tert-OH is 2. The van der Waals surface area contributed by atoms with Crippen LogP contribution >= 0.6 is 0 Å². The number of aliphatic carboxylic acids is 1. The normalized spacial score (nSPS) is 15.1. The Kier molecular flexibility index (Phi) is 2.73. The predicted octanol–water partition coefficient (Wildman–Crippen LogP) is -0.106. The lowest BCUT2D eigenvalue weighted by Crippen LogP contribution is -2.03. The average Bonchev–Trinajstić information content (AvgIpc) is 1.63. The van der Waals surface area contributed by atoms with Crippen LogP contribution in [0.2, 0.25) is 0 Å². The van der Waals surface area contributed by atoms with Gasteiger partial charge in [-0.2, -0.15) is 0 Å². The van der Waals surface area contributed by atoms with E-state index in [1.807, 2.05) is 0 Å². The van der Waals surface area contributed by atoms with E-state index >= 15 is 0 Å². The molecule has 0 saturated heterocycles. The van der Waals surface area contributed by atoms with Crippen LogP contribution in [0.1, 0.15) is 6.92 Å². The van der Waals surface area contributed by atoms with Gasteiger partial charge in [0.25, 0.3) is 0 Å². The Bertz CT molecular complexity index is 136. The summed E-state index contributed by atoms with van der Waals surface area (Å²) in [5.74, 6) is -2.26. The third-order valence-corrected chi connectivity index (χ3v) is 0.618. The minimum Gasteiger partial charge on any atom is -0.502 e. The molecule has 0 aromatic heterocycles. The zero-order valence-electron chi connectivity index (χ0n) is 4.90. The molecule has 1 unspecified atom stereocenters. The summed E-state index contributed by atoms with van der Waals surface area (Å²) in [6, 6.07) is 0. The lowest BCUT2D eigenvalue weighted by Gasteiger charge is -1.93. The first kappa shape index (κ1) is 7.97. The van der Waals surface area contributed by atoms with Gasteiger partial charge in [-0.15, -0.1) is 0 Å². The van der Waals surface area contributed by atoms with Crippen LogP contribution in [0.4, 0.5) is 0 Å². The molecule has 0 aliphatic rings. The molecule has 0 saturated carbocycles. The minimum atomic E-state index is -1.43. The number of carbonyl (C=O) groups is 1. The van der Waals surface area contributed by atoms with E-state index < -0.39 is 17.8 Å². The van der Waals surface area contributed by atoms with Gasteiger partial charge in [0.1, 0.15) is 0 Å². The Morgan fingerprint density at radius 3 is 2.11 bits per heavy atom. The van der Waals surface area contributed by atoms with E-state index in [2.05, 4.69) is 0 Å². The Morgan fingerprint density at radius 2 is 2.00 bits per heavy atom. The lowest BCUT2D eigenvalue weighted by molar-refractivity contribution is -0.135. The summed E-state index contributed by atoms with van der Waals surface area (Å²) < 4.78 is 0. The highest BCUT2D eigenvalue weighted by atomic mass is 16.4. The molecule has 3 N–H and O–H groups in total. The number of hydrogen-bond acceptors (Lipinski definition) is 3. The van der Waals surface area contributed by atoms with Crippen LogP contribution in [0.15, 0.2) is 11.8 Å². The van der Waals surface area contributed by atoms with E-state index in [4.69, 9.17) is 15.3 Å². The second-order valence-corrected chi connectivity index (χ2v) is 1.60. The third-order valence-electron chi connectivity index (χ3n) is 0.618. The molecular formula is C5H8O4. The topological polar surface area (TPSA) is 77.8 Å². The number of aliphatic hydroxyl groups is 2. The second kappa shape index (κ2) is 3.09. The van der Waals surface area contributed by atoms with Crippen molar-refractivity contribution in [2.45, 2.75) is 13.0 Å². The largest absolute Gasteiger partial charge is 0.502 e. The number of carboxylic acids is 1. The van der Waals surface area contributed by atoms with Crippen molar-refractivity contribution in [1.82, 2.24) is 0 Å². The van der Waals surface area contributed by atoms with E-state index in [9.17, 15) is 4.79 Å². The predicted molar refractivity (Wildman–Crippen MR) is 30.0 cm³/mol. The second-order valence-electron chi connectivity index (χ2n) is 1.60. The first-order valence-corrected chi connectivity index (χ1v) is 2.36. The fourth-order valence-corrected chi connectivity index (χ4v) is 0.300. The molecule has 0 fully saturated rings. The molecule has 0 heterocycles. The smallest absolute Gasteiger partial charge is 0.370 e. The van der Waals surface area contributed by atoms with Gasteiger partial charge >= 0.3 is 5.97 Å². The van der Waals surface area contributed by atoms with Crippen molar-refractivity contribution in [3.8, 4) is 0 Å². The fourth-order valence-electron chi connectivity index (χ4n) is 0.300. The van der Waals surface area contributed by atoms with Crippen molar-refractivity contribution in [2.75, 3.05) is 0 Å². The molecule has 0 amide bonds. The molecule has 9 heavy (non-hydrogen) atoms. The van der Waals surface area contributed by atoms with Crippen LogP contribution < -0.4 is 0 Å². The summed E-state index contributed by atoms with van der Waals surface area (Å²) in [5.41, 5.74) is 0. The van der Waals surface area contributed by atoms with Gasteiger partial charge in [-0.05, 0) is 13.0 Å². The Hall–Kier alpha value is -1.03. The fraction of sp³-hybridized carbons (Fsp3) is 0.400. The van der Waals surface area contributed by atoms with Crippen LogP contribution in [0.5, 0.6) is 0 Å². The molecule has 52 valence electrons. The van der Waals surface area contributed by atoms with Crippen molar-refractivity contribution in [3.63, 3.8) is 0 Å². The summed E-state index contributed by atoms with van der Waals surface area (Å²) in [6.45, 7) is 1.35. The van der Waals surface area contributed by atoms with E-state index in [-0.39, 0.29) is 0 Å². The van der Waals surface area contributed by atoms with Gasteiger partial charge in [0.2, 0.25) is 0 Å². The van der Waals surface area contributed by atoms with Crippen LogP contribution in [0.3, 0.4) is 0 Å². The van der Waals surface area contributed by atoms with Gasteiger partial charge in [0.05, 0.1) is 6.10 Å². The molecule has 0 aliphatic heterocycles. The summed E-state index contributed by atoms with van der Waals surface area (Å²) in [6.07, 6.45) is -0.0939. The highest BCUT2D eigenvalue weighted by Gasteiger charge is 2.03. The van der Waals surface area contributed by atoms with Crippen LogP contribution in [-0.2, 0) is 4.79 Å². The Balaban J connectivity index is 4.00. The van der Waals surface area contributed by atoms with Gasteiger partial charge in [0, 0.05) is 0 Å². The molecule has 4 nitrogen and oxygen atoms in total. The maximum Gasteiger partial charge on any atom is 0.370 e. The zero-order valence-corrected chi connectivity index (χ0v) is 4.90. The lowest BCUT2D eigenvalue weighted by atomic mass is 10.3. The number of carboxylic acid groups (broad SMARTS) is 1. The molecule has 0 aromatic carbocycles. The maximum absolute atomic E-state index is 9.81. The average molecular weight is 132 g/mol. The summed E-state index contributed by atoms with van der Waals surface area (Å²) in [5, 5.41) is 24.9. The minimum absolute atomic E-state index is 0.829. The maximum atomic E-state index is 9.81. The van der Waals surface area contributed by atoms with E-state index in [0.717, 1.165) is 6.08 Å². The van der Waals surface area contributed by atoms with Gasteiger partial charge in [0.15, 0.2) is 5.76 Å². The Morgan fingerprint density at radius 1 is 1.56 bits per heavy atom. The molecule has 4 heteroatoms. The van der Waals surface area contributed by atoms with Crippen molar-refractivity contribution < 1.29 is 20.1 Å². The Labute approximate surface area is 52.1 Å². The number of rotatable bonds is 2. The highest BCUT2D eigenvalue weighted by Crippen LogP contribution is 1.90. The van der Waals surface area contributed by atoms with Gasteiger partial charge in [-0.1, -0.05) is 0 Å². The van der Waals surface area contributed by atoms with E-state index in [1.54, 1.807) is 0 Å². The summed E-state index contributed by atoms with van der Waals surface area (Å²) in [4.78, 5) is 9.81. The highest BCUT2D eigenvalue weighted by molar-refractivity contribution is 5.83. The van der Waals surface area contributed by atoms with E-state index in [0.29, 0.717) is 0 Å². The van der Waals surface area contributed by atoms with Crippen LogP contribution in [-0.4, -0.2) is 27.4 Å². The van der Waals surface area contributed by atoms with Crippen LogP contribution in [0.25, 0.3) is 0 Å². The van der Waals surface area contributed by atoms with E-state index in [1.165, 1.54) is 6.92 Å². The number of hydrogen-bond donors (Lipinski definition) is 3. The van der Waals surface area contributed by atoms with Crippen molar-refractivity contribution in [3.05, 3.63) is 11.8 Å². The van der Waals surface area contributed by atoms with Gasteiger partial charge in [-0.25, -0.2) is 4.79 Å². The molecule has 0 rings (SSSR count). The zero-order chi connectivity index (χ0) is 7.44. The molecular weight excluding hydrogens is 124 g/mol. The first-order chi connectivity index (χ1) is 4.04. The summed E-state index contributed by atoms with van der Waals surface area (Å²) >= 11 is 0. The summed E-state index contributed by atoms with van der Waals surface area (Å²) in [7, 11) is 0. The molecule has 0 radical (unpaired) electrons. The molecule has 0 spiro atoms. The molecule has 0 bridgehead atoms. The third kappa shape index (κ3) is 3.54. The van der Waals surface area contributed by atoms with Gasteiger partial charge < -0.3 is 15.3 Å². The standard InChI is InChI=1S/C5H8O4/c1-3(6)2-4(7)5(8)9/h2-3,6-7H,1H3,(H,8,9)/b4-2-. The quantitative estimate of drug-likeness (QED) is 0.362. The SMILES string of the molecule is CC(O)/C=C(\O)C(=O)O. The molecule has 0 aromatic rings. The van der Waals surface area contributed by atoms with Crippen molar-refractivity contribution >= 4 is 5.97 Å². The van der Waals surface area contributed by atoms with Crippen LogP contribution in [0, 0.1) is 0 Å². The molecule has 1 atom stereocenters. The van der Waals surface area contributed by atoms with Crippen molar-refractivity contribution in [2.24, 2.45) is 0 Å². The monoisotopic (exact) mass is 132 g/mol. The van der Waals surface area contributed by atoms with Gasteiger partial charge in [-0.3, -0.25) is 0 Å². The van der Waals surface area contributed by atoms with Crippen molar-refractivity contribution in [1.29, 1.82) is 0 Å². The first-order valence-electron chi connectivity index (χ1n) is 2.36.